The smallest absolute Gasteiger partial charge is 0.232 e. The van der Waals surface area contributed by atoms with Crippen LogP contribution in [0.2, 0.25) is 0 Å². The van der Waals surface area contributed by atoms with Crippen LogP contribution >= 0.6 is 0 Å². The molecule has 1 amide bonds. The van der Waals surface area contributed by atoms with Crippen LogP contribution in [0, 0.1) is 16.0 Å². The SMILES string of the molecule is CN(Cc1ccc(N(C)C)cc1)C(=O)C1CC1[N+](=O)[O-]. The summed E-state index contributed by atoms with van der Waals surface area (Å²) in [6.07, 6.45) is 0.371. The Labute approximate surface area is 118 Å². The number of nitrogens with zero attached hydrogens (tertiary/aromatic N) is 3. The first kappa shape index (κ1) is 14.3. The van der Waals surface area contributed by atoms with E-state index >= 15 is 0 Å². The molecule has 0 bridgehead atoms. The molecule has 1 fully saturated rings. The largest absolute Gasteiger partial charge is 0.378 e. The van der Waals surface area contributed by atoms with E-state index in [1.807, 2.05) is 43.3 Å². The summed E-state index contributed by atoms with van der Waals surface area (Å²) >= 11 is 0. The van der Waals surface area contributed by atoms with Gasteiger partial charge in [0.25, 0.3) is 0 Å². The fourth-order valence-corrected chi connectivity index (χ4v) is 2.21. The molecule has 1 aliphatic carbocycles. The van der Waals surface area contributed by atoms with E-state index in [1.54, 1.807) is 11.9 Å². The minimum atomic E-state index is -0.680. The second-order valence-corrected chi connectivity index (χ2v) is 5.45. The Bertz CT molecular complexity index is 513. The van der Waals surface area contributed by atoms with E-state index in [0.717, 1.165) is 11.3 Å². The van der Waals surface area contributed by atoms with Crippen LogP contribution in [-0.4, -0.2) is 42.9 Å². The van der Waals surface area contributed by atoms with Crippen molar-refractivity contribution in [3.05, 3.63) is 39.9 Å². The molecule has 108 valence electrons. The van der Waals surface area contributed by atoms with E-state index in [1.165, 1.54) is 0 Å². The maximum absolute atomic E-state index is 12.0. The van der Waals surface area contributed by atoms with Crippen molar-refractivity contribution in [2.24, 2.45) is 5.92 Å². The molecule has 1 aromatic rings. The quantitative estimate of drug-likeness (QED) is 0.602. The third-order valence-corrected chi connectivity index (χ3v) is 3.59. The zero-order valence-electron chi connectivity index (χ0n) is 11.9. The number of rotatable bonds is 5. The lowest BCUT2D eigenvalue weighted by molar-refractivity contribution is -0.497. The van der Waals surface area contributed by atoms with Gasteiger partial charge in [-0.2, -0.15) is 0 Å². The van der Waals surface area contributed by atoms with Crippen molar-refractivity contribution in [1.82, 2.24) is 4.90 Å². The summed E-state index contributed by atoms with van der Waals surface area (Å²) < 4.78 is 0. The first-order chi connectivity index (χ1) is 9.40. The number of nitro groups is 1. The predicted octanol–water partition coefficient (Wildman–Crippen LogP) is 1.38. The summed E-state index contributed by atoms with van der Waals surface area (Å²) in [5, 5.41) is 10.6. The lowest BCUT2D eigenvalue weighted by Crippen LogP contribution is -2.29. The van der Waals surface area contributed by atoms with Gasteiger partial charge in [-0.25, -0.2) is 0 Å². The van der Waals surface area contributed by atoms with Crippen molar-refractivity contribution in [1.29, 1.82) is 0 Å². The van der Waals surface area contributed by atoms with E-state index in [2.05, 4.69) is 0 Å². The molecule has 0 N–H and O–H groups in total. The molecule has 0 radical (unpaired) electrons. The number of anilines is 1. The molecule has 6 heteroatoms. The Balaban J connectivity index is 1.93. The van der Waals surface area contributed by atoms with Crippen molar-refractivity contribution in [2.75, 3.05) is 26.0 Å². The maximum atomic E-state index is 12.0. The average Bonchev–Trinajstić information content (AvgIpc) is 3.18. The highest BCUT2D eigenvalue weighted by atomic mass is 16.6. The van der Waals surface area contributed by atoms with Crippen LogP contribution < -0.4 is 4.90 Å². The van der Waals surface area contributed by atoms with E-state index < -0.39 is 12.0 Å². The van der Waals surface area contributed by atoms with Crippen LogP contribution in [0.15, 0.2) is 24.3 Å². The Kier molecular flexibility index (Phi) is 3.92. The van der Waals surface area contributed by atoms with Gasteiger partial charge in [0, 0.05) is 44.7 Å². The van der Waals surface area contributed by atoms with Crippen LogP contribution in [0.3, 0.4) is 0 Å². The molecule has 2 unspecified atom stereocenters. The number of hydrogen-bond acceptors (Lipinski definition) is 4. The number of carbonyl (C=O) groups excluding carboxylic acids is 1. The van der Waals surface area contributed by atoms with Gasteiger partial charge >= 0.3 is 0 Å². The zero-order chi connectivity index (χ0) is 14.9. The number of amides is 1. The molecule has 1 saturated carbocycles. The Morgan fingerprint density at radius 1 is 1.30 bits per heavy atom. The first-order valence-electron chi connectivity index (χ1n) is 6.55. The van der Waals surface area contributed by atoms with Gasteiger partial charge in [-0.1, -0.05) is 12.1 Å². The molecule has 1 aliphatic rings. The molecule has 2 atom stereocenters. The summed E-state index contributed by atoms with van der Waals surface area (Å²) in [6, 6.07) is 7.24. The van der Waals surface area contributed by atoms with Crippen LogP contribution in [0.5, 0.6) is 0 Å². The standard InChI is InChI=1S/C14H19N3O3/c1-15(2)11-6-4-10(5-7-11)9-16(3)14(18)12-8-13(12)17(19)20/h4-7,12-13H,8-9H2,1-3H3. The summed E-state index contributed by atoms with van der Waals surface area (Å²) in [5.74, 6) is -0.570. The van der Waals surface area contributed by atoms with Crippen molar-refractivity contribution < 1.29 is 9.72 Å². The van der Waals surface area contributed by atoms with Crippen LogP contribution in [0.25, 0.3) is 0 Å². The zero-order valence-corrected chi connectivity index (χ0v) is 11.9. The van der Waals surface area contributed by atoms with E-state index in [-0.39, 0.29) is 10.8 Å². The van der Waals surface area contributed by atoms with Gasteiger partial charge in [-0.05, 0) is 17.7 Å². The predicted molar refractivity (Wildman–Crippen MR) is 76.1 cm³/mol. The number of hydrogen-bond donors (Lipinski definition) is 0. The van der Waals surface area contributed by atoms with Crippen LogP contribution in [-0.2, 0) is 11.3 Å². The summed E-state index contributed by atoms with van der Waals surface area (Å²) in [7, 11) is 5.63. The highest BCUT2D eigenvalue weighted by Gasteiger charge is 2.54. The molecule has 2 rings (SSSR count). The Hall–Kier alpha value is -2.11. The molecule has 1 aromatic carbocycles. The highest BCUT2D eigenvalue weighted by Crippen LogP contribution is 2.34. The van der Waals surface area contributed by atoms with Crippen LogP contribution in [0.4, 0.5) is 5.69 Å². The molecule has 20 heavy (non-hydrogen) atoms. The number of carbonyl (C=O) groups is 1. The highest BCUT2D eigenvalue weighted by molar-refractivity contribution is 5.81. The topological polar surface area (TPSA) is 66.7 Å². The molecular weight excluding hydrogens is 258 g/mol. The third-order valence-electron chi connectivity index (χ3n) is 3.59. The van der Waals surface area contributed by atoms with Gasteiger partial charge in [0.05, 0.1) is 0 Å². The lowest BCUT2D eigenvalue weighted by Gasteiger charge is -2.18. The minimum absolute atomic E-state index is 0.136. The molecule has 6 nitrogen and oxygen atoms in total. The van der Waals surface area contributed by atoms with Gasteiger partial charge in [-0.15, -0.1) is 0 Å². The van der Waals surface area contributed by atoms with Crippen molar-refractivity contribution in [2.45, 2.75) is 19.0 Å². The van der Waals surface area contributed by atoms with Gasteiger partial charge < -0.3 is 9.80 Å². The second-order valence-electron chi connectivity index (χ2n) is 5.45. The second kappa shape index (κ2) is 5.48. The lowest BCUT2D eigenvalue weighted by atomic mass is 10.2. The molecule has 0 aliphatic heterocycles. The summed E-state index contributed by atoms with van der Waals surface area (Å²) in [5.41, 5.74) is 2.11. The molecule has 0 saturated heterocycles. The van der Waals surface area contributed by atoms with Gasteiger partial charge in [0.1, 0.15) is 5.92 Å². The number of benzene rings is 1. The van der Waals surface area contributed by atoms with Crippen molar-refractivity contribution in [3.63, 3.8) is 0 Å². The van der Waals surface area contributed by atoms with E-state index in [9.17, 15) is 14.9 Å². The minimum Gasteiger partial charge on any atom is -0.378 e. The van der Waals surface area contributed by atoms with Crippen molar-refractivity contribution >= 4 is 11.6 Å². The molecular formula is C14H19N3O3. The maximum Gasteiger partial charge on any atom is 0.232 e. The average molecular weight is 277 g/mol. The third kappa shape index (κ3) is 3.07. The Morgan fingerprint density at radius 3 is 2.35 bits per heavy atom. The summed E-state index contributed by atoms with van der Waals surface area (Å²) in [4.78, 5) is 25.8. The molecule has 0 spiro atoms. The van der Waals surface area contributed by atoms with E-state index in [0.29, 0.717) is 13.0 Å². The first-order valence-corrected chi connectivity index (χ1v) is 6.55. The van der Waals surface area contributed by atoms with Crippen LogP contribution in [0.1, 0.15) is 12.0 Å². The van der Waals surface area contributed by atoms with Gasteiger partial charge in [0.15, 0.2) is 0 Å². The van der Waals surface area contributed by atoms with E-state index in [4.69, 9.17) is 0 Å². The molecule has 0 heterocycles. The monoisotopic (exact) mass is 277 g/mol. The van der Waals surface area contributed by atoms with Gasteiger partial charge in [-0.3, -0.25) is 14.9 Å². The van der Waals surface area contributed by atoms with Crippen molar-refractivity contribution in [3.8, 4) is 0 Å². The fourth-order valence-electron chi connectivity index (χ4n) is 2.21. The Morgan fingerprint density at radius 2 is 1.90 bits per heavy atom. The molecule has 0 aromatic heterocycles. The normalized spacial score (nSPS) is 20.4. The summed E-state index contributed by atoms with van der Waals surface area (Å²) in [6.45, 7) is 0.480. The van der Waals surface area contributed by atoms with Gasteiger partial charge in [0.2, 0.25) is 11.9 Å². The fraction of sp³-hybridized carbons (Fsp3) is 0.500.